The van der Waals surface area contributed by atoms with Crippen LogP contribution in [0.4, 0.5) is 0 Å². The summed E-state index contributed by atoms with van der Waals surface area (Å²) >= 11 is 0. The fourth-order valence-electron chi connectivity index (χ4n) is 5.82. The van der Waals surface area contributed by atoms with Crippen molar-refractivity contribution in [2.75, 3.05) is 0 Å². The van der Waals surface area contributed by atoms with Crippen LogP contribution < -0.4 is 0 Å². The Morgan fingerprint density at radius 3 is 1.39 bits per heavy atom. The molecular formula is C42H81N9. The maximum absolute atomic E-state index is 4.22. The number of unbranched alkanes of at least 4 members (excludes halogenated alkanes) is 1. The highest BCUT2D eigenvalue weighted by atomic mass is 15.4. The predicted molar refractivity (Wildman–Crippen MR) is 216 cm³/mol. The second-order valence-electron chi connectivity index (χ2n) is 17.3. The van der Waals surface area contributed by atoms with Crippen molar-refractivity contribution in [3.63, 3.8) is 0 Å². The molecule has 0 spiro atoms. The molecule has 0 aliphatic heterocycles. The highest BCUT2D eigenvalue weighted by molar-refractivity contribution is 4.95. The molecule has 0 saturated heterocycles. The number of aromatic nitrogens is 9. The van der Waals surface area contributed by atoms with Crippen molar-refractivity contribution < 1.29 is 0 Å². The molecule has 0 aliphatic rings. The van der Waals surface area contributed by atoms with Gasteiger partial charge in [0.1, 0.15) is 0 Å². The standard InChI is InChI=1S/C15H29N3.C14H27N3.C13H25N3/c1-13(2)8-5-6-10-15-12-16-17-18(15)11-7-9-14(3)4;1-12(2)7-5-9-14-11-17(16-15-14)10-6-8-13(3)4;1-11(2)6-5-7-13-10-14-15-16(13)9-8-12(3)4/h12-14H,5-11H2,1-4H3;11-13H,5-10H2,1-4H3;10-12H,5-9H2,1-4H3. The van der Waals surface area contributed by atoms with Crippen molar-refractivity contribution in [3.05, 3.63) is 35.7 Å². The molecule has 3 rings (SSSR count). The Hall–Kier alpha value is -2.58. The van der Waals surface area contributed by atoms with Crippen LogP contribution in [0, 0.1) is 35.5 Å². The molecule has 9 nitrogen and oxygen atoms in total. The van der Waals surface area contributed by atoms with Gasteiger partial charge in [-0.05, 0) is 106 Å². The second-order valence-corrected chi connectivity index (χ2v) is 17.3. The molecule has 3 aromatic rings. The third kappa shape index (κ3) is 25.1. The minimum absolute atomic E-state index is 0.729. The first-order valence-corrected chi connectivity index (χ1v) is 20.9. The van der Waals surface area contributed by atoms with Gasteiger partial charge in [-0.15, -0.1) is 15.3 Å². The van der Waals surface area contributed by atoms with Crippen molar-refractivity contribution >= 4 is 0 Å². The number of hydrogen-bond donors (Lipinski definition) is 0. The van der Waals surface area contributed by atoms with Crippen LogP contribution in [-0.4, -0.2) is 45.0 Å². The van der Waals surface area contributed by atoms with Crippen LogP contribution in [0.25, 0.3) is 0 Å². The quantitative estimate of drug-likeness (QED) is 0.0859. The zero-order valence-corrected chi connectivity index (χ0v) is 35.4. The summed E-state index contributed by atoms with van der Waals surface area (Å²) in [6.07, 6.45) is 24.3. The zero-order chi connectivity index (χ0) is 38.0. The molecule has 0 amide bonds. The summed E-state index contributed by atoms with van der Waals surface area (Å²) in [7, 11) is 0. The lowest BCUT2D eigenvalue weighted by Gasteiger charge is -2.08. The van der Waals surface area contributed by atoms with Gasteiger partial charge in [0.2, 0.25) is 0 Å². The van der Waals surface area contributed by atoms with E-state index >= 15 is 0 Å². The Kier molecular flexibility index (Phi) is 25.5. The van der Waals surface area contributed by atoms with Gasteiger partial charge in [0.05, 0.1) is 29.5 Å². The van der Waals surface area contributed by atoms with E-state index in [9.17, 15) is 0 Å². The van der Waals surface area contributed by atoms with Gasteiger partial charge >= 0.3 is 0 Å². The van der Waals surface area contributed by atoms with E-state index in [1.807, 2.05) is 17.1 Å². The Morgan fingerprint density at radius 1 is 0.431 bits per heavy atom. The molecular weight excluding hydrogens is 631 g/mol. The highest BCUT2D eigenvalue weighted by Crippen LogP contribution is 2.13. The van der Waals surface area contributed by atoms with E-state index in [0.29, 0.717) is 0 Å². The molecule has 0 fully saturated rings. The van der Waals surface area contributed by atoms with Gasteiger partial charge < -0.3 is 0 Å². The molecule has 3 aromatic heterocycles. The lowest BCUT2D eigenvalue weighted by molar-refractivity contribution is 0.460. The molecule has 9 heteroatoms. The molecule has 0 N–H and O–H groups in total. The van der Waals surface area contributed by atoms with Gasteiger partial charge in [0.15, 0.2) is 0 Å². The summed E-state index contributed by atoms with van der Waals surface area (Å²) in [5, 5.41) is 24.8. The Bertz CT molecular complexity index is 1170. The number of aryl methyl sites for hydroxylation is 6. The van der Waals surface area contributed by atoms with Crippen LogP contribution in [0.2, 0.25) is 0 Å². The van der Waals surface area contributed by atoms with Crippen molar-refractivity contribution in [3.8, 4) is 0 Å². The average Bonchev–Trinajstić information content (AvgIpc) is 3.80. The third-order valence-electron chi connectivity index (χ3n) is 9.11. The van der Waals surface area contributed by atoms with Crippen LogP contribution in [0.15, 0.2) is 18.6 Å². The molecule has 0 atom stereocenters. The molecule has 0 saturated carbocycles. The van der Waals surface area contributed by atoms with Gasteiger partial charge in [-0.2, -0.15) is 0 Å². The fourth-order valence-corrected chi connectivity index (χ4v) is 5.82. The van der Waals surface area contributed by atoms with E-state index in [1.54, 1.807) is 0 Å². The van der Waals surface area contributed by atoms with Crippen LogP contribution in [0.5, 0.6) is 0 Å². The molecule has 51 heavy (non-hydrogen) atoms. The normalized spacial score (nSPS) is 11.6. The second kappa shape index (κ2) is 28.0. The lowest BCUT2D eigenvalue weighted by Crippen LogP contribution is -2.07. The van der Waals surface area contributed by atoms with Crippen LogP contribution in [-0.2, 0) is 38.9 Å². The number of rotatable bonds is 24. The molecule has 0 unspecified atom stereocenters. The minimum Gasteiger partial charge on any atom is -0.252 e. The van der Waals surface area contributed by atoms with Gasteiger partial charge in [-0.3, -0.25) is 4.68 Å². The zero-order valence-electron chi connectivity index (χ0n) is 35.4. The van der Waals surface area contributed by atoms with E-state index in [-0.39, 0.29) is 0 Å². The van der Waals surface area contributed by atoms with E-state index in [0.717, 1.165) is 80.1 Å². The summed E-state index contributed by atoms with van der Waals surface area (Å²) < 4.78 is 6.16. The molecule has 0 aromatic carbocycles. The average molecular weight is 712 g/mol. The van der Waals surface area contributed by atoms with Gasteiger partial charge in [0.25, 0.3) is 0 Å². The lowest BCUT2D eigenvalue weighted by atomic mass is 10.0. The number of nitrogens with zero attached hydrogens (tertiary/aromatic N) is 9. The largest absolute Gasteiger partial charge is 0.252 e. The summed E-state index contributed by atoms with van der Waals surface area (Å²) in [4.78, 5) is 0. The fraction of sp³-hybridized carbons (Fsp3) is 0.857. The van der Waals surface area contributed by atoms with E-state index < -0.39 is 0 Å². The molecule has 3 heterocycles. The summed E-state index contributed by atoms with van der Waals surface area (Å²) in [6, 6.07) is 0. The predicted octanol–water partition coefficient (Wildman–Crippen LogP) is 11.1. The number of hydrogen-bond acceptors (Lipinski definition) is 6. The summed E-state index contributed by atoms with van der Waals surface area (Å²) in [5.41, 5.74) is 3.75. The van der Waals surface area contributed by atoms with E-state index in [2.05, 4.69) is 130 Å². The van der Waals surface area contributed by atoms with Crippen molar-refractivity contribution in [1.29, 1.82) is 0 Å². The van der Waals surface area contributed by atoms with Crippen LogP contribution in [0.3, 0.4) is 0 Å². The molecule has 0 aliphatic carbocycles. The summed E-state index contributed by atoms with van der Waals surface area (Å²) in [5.74, 6) is 4.69. The minimum atomic E-state index is 0.729. The Morgan fingerprint density at radius 2 is 0.863 bits per heavy atom. The molecule has 0 radical (unpaired) electrons. The topological polar surface area (TPSA) is 92.1 Å². The first-order valence-electron chi connectivity index (χ1n) is 20.9. The van der Waals surface area contributed by atoms with Crippen LogP contribution >= 0.6 is 0 Å². The SMILES string of the molecule is CC(C)CCCCc1cnnn1CCCC(C)C.CC(C)CCCc1cn(CCCC(C)C)nn1.CC(C)CCCc1cnnn1CCC(C)C. The van der Waals surface area contributed by atoms with Crippen molar-refractivity contribution in [2.45, 2.75) is 199 Å². The third-order valence-corrected chi connectivity index (χ3v) is 9.11. The van der Waals surface area contributed by atoms with E-state index in [4.69, 9.17) is 0 Å². The van der Waals surface area contributed by atoms with Crippen molar-refractivity contribution in [1.82, 2.24) is 45.0 Å². The maximum atomic E-state index is 4.22. The maximum Gasteiger partial charge on any atom is 0.0827 e. The highest BCUT2D eigenvalue weighted by Gasteiger charge is 2.07. The molecule has 0 bridgehead atoms. The Labute approximate surface area is 314 Å². The van der Waals surface area contributed by atoms with Gasteiger partial charge in [0, 0.05) is 25.8 Å². The first kappa shape index (κ1) is 46.4. The smallest absolute Gasteiger partial charge is 0.0827 e. The van der Waals surface area contributed by atoms with Gasteiger partial charge in [-0.25, -0.2) is 9.36 Å². The first-order chi connectivity index (χ1) is 24.3. The summed E-state index contributed by atoms with van der Waals surface area (Å²) in [6.45, 7) is 30.3. The Balaban J connectivity index is 0.000000383. The van der Waals surface area contributed by atoms with Gasteiger partial charge in [-0.1, -0.05) is 124 Å². The monoisotopic (exact) mass is 712 g/mol. The van der Waals surface area contributed by atoms with Crippen molar-refractivity contribution in [2.24, 2.45) is 35.5 Å². The van der Waals surface area contributed by atoms with Crippen LogP contribution in [0.1, 0.15) is 177 Å². The van der Waals surface area contributed by atoms with E-state index in [1.165, 1.54) is 88.4 Å². The molecule has 294 valence electrons.